The van der Waals surface area contributed by atoms with Crippen LogP contribution in [-0.2, 0) is 26.6 Å². The van der Waals surface area contributed by atoms with Gasteiger partial charge in [0.05, 0.1) is 12.6 Å². The molecule has 0 aromatic heterocycles. The first-order chi connectivity index (χ1) is 7.43. The lowest BCUT2D eigenvalue weighted by Gasteiger charge is -2.07. The molecule has 0 aliphatic heterocycles. The zero-order valence-electron chi connectivity index (χ0n) is 8.37. The molecule has 0 spiro atoms. The molecule has 7 heteroatoms. The van der Waals surface area contributed by atoms with Crippen molar-refractivity contribution in [2.75, 3.05) is 0 Å². The zero-order chi connectivity index (χ0) is 12.2. The predicted octanol–water partition coefficient (Wildman–Crippen LogP) is 0.889. The van der Waals surface area contributed by atoms with E-state index in [-0.39, 0.29) is 12.6 Å². The number of benzene rings is 1. The molecule has 16 heavy (non-hydrogen) atoms. The molecule has 1 rings (SSSR count). The molecular formula is C9H12NO5P. The largest absolute Gasteiger partial charge is 0.481 e. The van der Waals surface area contributed by atoms with Crippen molar-refractivity contribution in [1.29, 1.82) is 0 Å². The fraction of sp³-hybridized carbons (Fsp3) is 0.222. The van der Waals surface area contributed by atoms with E-state index >= 15 is 0 Å². The van der Waals surface area contributed by atoms with E-state index < -0.39 is 13.6 Å². The first-order valence-electron chi connectivity index (χ1n) is 4.43. The highest BCUT2D eigenvalue weighted by Crippen LogP contribution is 2.43. The average molecular weight is 245 g/mol. The van der Waals surface area contributed by atoms with Crippen molar-refractivity contribution in [3.05, 3.63) is 35.4 Å². The van der Waals surface area contributed by atoms with Crippen molar-refractivity contribution >= 4 is 13.6 Å². The highest BCUT2D eigenvalue weighted by atomic mass is 31.2. The average Bonchev–Trinajstić information content (AvgIpc) is 2.20. The van der Waals surface area contributed by atoms with E-state index in [0.717, 1.165) is 0 Å². The Morgan fingerprint density at radius 3 is 2.25 bits per heavy atom. The maximum Gasteiger partial charge on any atom is 0.348 e. The topological polar surface area (TPSA) is 110 Å². The first-order valence-corrected chi connectivity index (χ1v) is 6.19. The molecule has 0 aliphatic rings. The molecule has 0 heterocycles. The normalized spacial score (nSPS) is 14.4. The van der Waals surface area contributed by atoms with E-state index in [0.29, 0.717) is 11.1 Å². The second kappa shape index (κ2) is 5.23. The number of nitrogens with two attached hydrogens (primary N) is 1. The Hall–Kier alpha value is -1.20. The van der Waals surface area contributed by atoms with E-state index in [2.05, 4.69) is 10.5 Å². The van der Waals surface area contributed by atoms with E-state index in [1.807, 2.05) is 0 Å². The number of carboxylic acids is 1. The van der Waals surface area contributed by atoms with Crippen LogP contribution in [0.4, 0.5) is 0 Å². The summed E-state index contributed by atoms with van der Waals surface area (Å²) in [6.07, 6.45) is -0.276. The van der Waals surface area contributed by atoms with Crippen molar-refractivity contribution < 1.29 is 24.0 Å². The third-order valence-corrected chi connectivity index (χ3v) is 3.02. The number of carbonyl (C=O) groups is 1. The molecule has 0 bridgehead atoms. The molecular weight excluding hydrogens is 233 g/mol. The van der Waals surface area contributed by atoms with Crippen LogP contribution in [0.5, 0.6) is 0 Å². The van der Waals surface area contributed by atoms with E-state index in [4.69, 9.17) is 10.00 Å². The lowest BCUT2D eigenvalue weighted by atomic mass is 10.1. The molecule has 0 saturated carbocycles. The van der Waals surface area contributed by atoms with Gasteiger partial charge >= 0.3 is 13.6 Å². The Kier molecular flexibility index (Phi) is 4.20. The Morgan fingerprint density at radius 1 is 1.31 bits per heavy atom. The van der Waals surface area contributed by atoms with Crippen LogP contribution in [0.25, 0.3) is 0 Å². The van der Waals surface area contributed by atoms with Crippen molar-refractivity contribution in [2.24, 2.45) is 5.90 Å². The number of aliphatic carboxylic acids is 1. The van der Waals surface area contributed by atoms with Crippen molar-refractivity contribution in [3.8, 4) is 0 Å². The minimum absolute atomic E-state index is 0.0789. The lowest BCUT2D eigenvalue weighted by Crippen LogP contribution is -2.01. The van der Waals surface area contributed by atoms with Gasteiger partial charge in [-0.1, -0.05) is 24.3 Å². The summed E-state index contributed by atoms with van der Waals surface area (Å²) < 4.78 is 15.1. The summed E-state index contributed by atoms with van der Waals surface area (Å²) in [4.78, 5) is 19.5. The van der Waals surface area contributed by atoms with Gasteiger partial charge in [0, 0.05) is 0 Å². The third-order valence-electron chi connectivity index (χ3n) is 1.93. The third kappa shape index (κ3) is 4.12. The van der Waals surface area contributed by atoms with Crippen LogP contribution in [0.2, 0.25) is 0 Å². The molecule has 0 saturated heterocycles. The maximum atomic E-state index is 11.1. The Labute approximate surface area is 92.1 Å². The molecule has 4 N–H and O–H groups in total. The minimum atomic E-state index is -3.78. The van der Waals surface area contributed by atoms with Crippen LogP contribution < -0.4 is 5.90 Å². The zero-order valence-corrected chi connectivity index (χ0v) is 9.26. The van der Waals surface area contributed by atoms with Gasteiger partial charge in [-0.15, -0.1) is 0 Å². The van der Waals surface area contributed by atoms with Crippen LogP contribution in [0.3, 0.4) is 0 Å². The van der Waals surface area contributed by atoms with Crippen molar-refractivity contribution in [3.63, 3.8) is 0 Å². The number of rotatable bonds is 5. The predicted molar refractivity (Wildman–Crippen MR) is 56.6 cm³/mol. The molecule has 0 aliphatic carbocycles. The summed E-state index contributed by atoms with van der Waals surface area (Å²) in [5.74, 6) is 3.73. The molecule has 0 amide bonds. The highest BCUT2D eigenvalue weighted by molar-refractivity contribution is 7.51. The summed E-state index contributed by atoms with van der Waals surface area (Å²) in [7, 11) is -3.78. The van der Waals surface area contributed by atoms with Crippen LogP contribution in [0.15, 0.2) is 24.3 Å². The molecule has 1 unspecified atom stereocenters. The van der Waals surface area contributed by atoms with Gasteiger partial charge < -0.3 is 10.00 Å². The van der Waals surface area contributed by atoms with E-state index in [9.17, 15) is 9.36 Å². The monoisotopic (exact) mass is 245 g/mol. The summed E-state index contributed by atoms with van der Waals surface area (Å²) in [5, 5.41) is 8.54. The first kappa shape index (κ1) is 12.9. The van der Waals surface area contributed by atoms with Gasteiger partial charge in [0.15, 0.2) is 0 Å². The lowest BCUT2D eigenvalue weighted by molar-refractivity contribution is -0.136. The maximum absolute atomic E-state index is 11.1. The van der Waals surface area contributed by atoms with Gasteiger partial charge in [0.2, 0.25) is 0 Å². The second-order valence-corrected chi connectivity index (χ2v) is 5.09. The van der Waals surface area contributed by atoms with Gasteiger partial charge in [-0.3, -0.25) is 9.36 Å². The van der Waals surface area contributed by atoms with Gasteiger partial charge in [-0.05, 0) is 11.1 Å². The quantitative estimate of drug-likeness (QED) is 0.525. The molecule has 1 atom stereocenters. The van der Waals surface area contributed by atoms with Crippen LogP contribution in [0, 0.1) is 0 Å². The highest BCUT2D eigenvalue weighted by Gasteiger charge is 2.18. The van der Waals surface area contributed by atoms with Gasteiger partial charge in [-0.2, -0.15) is 0 Å². The number of hydrogen-bond acceptors (Lipinski definition) is 4. The van der Waals surface area contributed by atoms with E-state index in [1.54, 1.807) is 24.3 Å². The summed E-state index contributed by atoms with van der Waals surface area (Å²) in [5.41, 5.74) is 1.18. The molecule has 88 valence electrons. The number of carboxylic acid groups (broad SMARTS) is 1. The van der Waals surface area contributed by atoms with Gasteiger partial charge in [-0.25, -0.2) is 10.5 Å². The van der Waals surface area contributed by atoms with Crippen LogP contribution in [-0.4, -0.2) is 16.0 Å². The van der Waals surface area contributed by atoms with Crippen molar-refractivity contribution in [2.45, 2.75) is 12.6 Å². The standard InChI is InChI=1S/C9H12NO5P/c10-15-16(13,14)6-8-3-1-7(2-4-8)5-9(11)12/h1-4H,5-6,10H2,(H,11,12)(H,13,14). The molecule has 1 aromatic carbocycles. The van der Waals surface area contributed by atoms with Crippen molar-refractivity contribution in [1.82, 2.24) is 0 Å². The molecule has 6 nitrogen and oxygen atoms in total. The summed E-state index contributed by atoms with van der Waals surface area (Å²) in [6.45, 7) is 0. The second-order valence-electron chi connectivity index (χ2n) is 3.29. The summed E-state index contributed by atoms with van der Waals surface area (Å²) >= 11 is 0. The fourth-order valence-corrected chi connectivity index (χ4v) is 1.95. The Morgan fingerprint density at radius 2 is 1.81 bits per heavy atom. The summed E-state index contributed by atoms with van der Waals surface area (Å²) in [6, 6.07) is 6.31. The Bertz CT molecular complexity index is 416. The molecule has 1 aromatic rings. The molecule has 0 fully saturated rings. The minimum Gasteiger partial charge on any atom is -0.481 e. The molecule has 0 radical (unpaired) electrons. The van der Waals surface area contributed by atoms with Crippen LogP contribution >= 0.6 is 7.60 Å². The fourth-order valence-electron chi connectivity index (χ4n) is 1.21. The van der Waals surface area contributed by atoms with Crippen LogP contribution in [0.1, 0.15) is 11.1 Å². The Balaban J connectivity index is 2.72. The van der Waals surface area contributed by atoms with Gasteiger partial charge in [0.1, 0.15) is 0 Å². The number of hydrogen-bond donors (Lipinski definition) is 3. The SMILES string of the molecule is NOP(=O)(O)Cc1ccc(CC(=O)O)cc1. The van der Waals surface area contributed by atoms with Gasteiger partial charge in [0.25, 0.3) is 0 Å². The van der Waals surface area contributed by atoms with E-state index in [1.165, 1.54) is 0 Å². The smallest absolute Gasteiger partial charge is 0.348 e.